The van der Waals surface area contributed by atoms with E-state index in [2.05, 4.69) is 20.6 Å². The van der Waals surface area contributed by atoms with Crippen molar-refractivity contribution in [3.8, 4) is 11.5 Å². The van der Waals surface area contributed by atoms with Crippen molar-refractivity contribution in [1.29, 1.82) is 0 Å². The highest BCUT2D eigenvalue weighted by Crippen LogP contribution is 2.34. The highest BCUT2D eigenvalue weighted by atomic mass is 35.5. The summed E-state index contributed by atoms with van der Waals surface area (Å²) in [5.74, 6) is 1.39. The molecule has 1 aliphatic heterocycles. The van der Waals surface area contributed by atoms with Crippen LogP contribution in [0.2, 0.25) is 5.02 Å². The zero-order chi connectivity index (χ0) is 19.7. The molecule has 0 atom stereocenters. The summed E-state index contributed by atoms with van der Waals surface area (Å²) in [6, 6.07) is 9.20. The number of rotatable bonds is 4. The van der Waals surface area contributed by atoms with Gasteiger partial charge in [0.1, 0.15) is 0 Å². The van der Waals surface area contributed by atoms with E-state index < -0.39 is 0 Å². The van der Waals surface area contributed by atoms with E-state index in [9.17, 15) is 4.79 Å². The van der Waals surface area contributed by atoms with Crippen LogP contribution in [0.5, 0.6) is 11.5 Å². The molecule has 0 aliphatic carbocycles. The van der Waals surface area contributed by atoms with Crippen molar-refractivity contribution in [1.82, 2.24) is 9.97 Å². The predicted octanol–water partition coefficient (Wildman–Crippen LogP) is 4.47. The van der Waals surface area contributed by atoms with Gasteiger partial charge in [0.2, 0.25) is 12.7 Å². The van der Waals surface area contributed by atoms with Crippen LogP contribution < -0.4 is 20.1 Å². The number of hydrogen-bond acceptors (Lipinski definition) is 6. The summed E-state index contributed by atoms with van der Waals surface area (Å²) in [5, 5.41) is 6.37. The van der Waals surface area contributed by atoms with Crippen molar-refractivity contribution in [2.24, 2.45) is 0 Å². The molecule has 3 aromatic rings. The van der Waals surface area contributed by atoms with E-state index >= 15 is 0 Å². The summed E-state index contributed by atoms with van der Waals surface area (Å²) in [6.45, 7) is 4.05. The molecule has 2 aromatic carbocycles. The number of ether oxygens (including phenoxy) is 2. The fourth-order valence-electron chi connectivity index (χ4n) is 2.87. The third kappa shape index (κ3) is 3.70. The fourth-order valence-corrected chi connectivity index (χ4v) is 3.24. The molecule has 4 rings (SSSR count). The van der Waals surface area contributed by atoms with Crippen LogP contribution in [0.15, 0.2) is 42.7 Å². The second-order valence-corrected chi connectivity index (χ2v) is 6.79. The molecule has 1 aromatic heterocycles. The molecule has 7 nitrogen and oxygen atoms in total. The van der Waals surface area contributed by atoms with Gasteiger partial charge in [0, 0.05) is 24.1 Å². The van der Waals surface area contributed by atoms with Gasteiger partial charge in [0.15, 0.2) is 11.5 Å². The molecule has 0 unspecified atom stereocenters. The Hall–Kier alpha value is -3.32. The lowest BCUT2D eigenvalue weighted by Crippen LogP contribution is -2.14. The van der Waals surface area contributed by atoms with Gasteiger partial charge < -0.3 is 20.1 Å². The summed E-state index contributed by atoms with van der Waals surface area (Å²) in [5.41, 5.74) is 3.58. The number of carbonyl (C=O) groups is 1. The van der Waals surface area contributed by atoms with Crippen LogP contribution in [0.4, 0.5) is 17.3 Å². The summed E-state index contributed by atoms with van der Waals surface area (Å²) in [4.78, 5) is 20.9. The number of nitrogens with zero attached hydrogens (tertiary/aromatic N) is 2. The van der Waals surface area contributed by atoms with Gasteiger partial charge in [-0.25, -0.2) is 9.97 Å². The molecule has 0 saturated carbocycles. The van der Waals surface area contributed by atoms with Crippen LogP contribution in [0.3, 0.4) is 0 Å². The smallest absolute Gasteiger partial charge is 0.258 e. The normalized spacial score (nSPS) is 12.0. The molecule has 0 saturated heterocycles. The lowest BCUT2D eigenvalue weighted by molar-refractivity contribution is 0.102. The largest absolute Gasteiger partial charge is 0.454 e. The molecule has 0 bridgehead atoms. The van der Waals surface area contributed by atoms with Gasteiger partial charge in [-0.3, -0.25) is 4.79 Å². The van der Waals surface area contributed by atoms with E-state index in [1.54, 1.807) is 18.2 Å². The van der Waals surface area contributed by atoms with Crippen molar-refractivity contribution in [3.05, 3.63) is 64.4 Å². The maximum Gasteiger partial charge on any atom is 0.258 e. The van der Waals surface area contributed by atoms with Gasteiger partial charge in [-0.1, -0.05) is 17.7 Å². The van der Waals surface area contributed by atoms with Gasteiger partial charge in [-0.15, -0.1) is 0 Å². The molecule has 2 heterocycles. The van der Waals surface area contributed by atoms with Gasteiger partial charge in [-0.05, 0) is 43.2 Å². The van der Waals surface area contributed by atoms with Crippen LogP contribution in [-0.2, 0) is 0 Å². The van der Waals surface area contributed by atoms with Gasteiger partial charge >= 0.3 is 0 Å². The Labute approximate surface area is 166 Å². The Morgan fingerprint density at radius 1 is 1.07 bits per heavy atom. The van der Waals surface area contributed by atoms with Crippen molar-refractivity contribution >= 4 is 34.8 Å². The predicted molar refractivity (Wildman–Crippen MR) is 107 cm³/mol. The number of fused-ring (bicyclic) bond motifs is 1. The topological polar surface area (TPSA) is 85.4 Å². The quantitative estimate of drug-likeness (QED) is 0.676. The molecule has 142 valence electrons. The third-order valence-electron chi connectivity index (χ3n) is 4.21. The molecular formula is C20H17ClN4O3. The molecule has 8 heteroatoms. The molecule has 0 fully saturated rings. The Morgan fingerprint density at radius 2 is 1.82 bits per heavy atom. The van der Waals surface area contributed by atoms with E-state index in [1.165, 1.54) is 12.4 Å². The maximum atomic E-state index is 12.5. The number of nitrogens with one attached hydrogen (secondary N) is 2. The van der Waals surface area contributed by atoms with E-state index in [0.717, 1.165) is 16.8 Å². The zero-order valence-electron chi connectivity index (χ0n) is 15.2. The summed E-state index contributed by atoms with van der Waals surface area (Å²) >= 11 is 6.25. The second kappa shape index (κ2) is 7.36. The average molecular weight is 397 g/mol. The van der Waals surface area contributed by atoms with Crippen molar-refractivity contribution < 1.29 is 14.3 Å². The number of aryl methyl sites for hydroxylation is 2. The summed E-state index contributed by atoms with van der Waals surface area (Å²) in [7, 11) is 0. The Bertz CT molecular complexity index is 1030. The van der Waals surface area contributed by atoms with Gasteiger partial charge in [0.05, 0.1) is 16.3 Å². The van der Waals surface area contributed by atoms with Crippen LogP contribution >= 0.6 is 11.6 Å². The highest BCUT2D eigenvalue weighted by molar-refractivity contribution is 6.34. The number of amides is 1. The zero-order valence-corrected chi connectivity index (χ0v) is 16.0. The molecule has 0 radical (unpaired) electrons. The van der Waals surface area contributed by atoms with Gasteiger partial charge in [0.25, 0.3) is 5.91 Å². The molecule has 2 N–H and O–H groups in total. The number of anilines is 3. The first-order valence-corrected chi connectivity index (χ1v) is 8.94. The summed E-state index contributed by atoms with van der Waals surface area (Å²) < 4.78 is 10.6. The lowest BCUT2D eigenvalue weighted by atomic mass is 10.1. The highest BCUT2D eigenvalue weighted by Gasteiger charge is 2.15. The number of carbonyl (C=O) groups excluding carboxylic acids is 1. The van der Waals surface area contributed by atoms with E-state index in [4.69, 9.17) is 21.1 Å². The van der Waals surface area contributed by atoms with Gasteiger partial charge in [-0.2, -0.15) is 0 Å². The minimum absolute atomic E-state index is 0.212. The monoisotopic (exact) mass is 396 g/mol. The Kier molecular flexibility index (Phi) is 4.75. The van der Waals surface area contributed by atoms with E-state index in [-0.39, 0.29) is 12.7 Å². The second-order valence-electron chi connectivity index (χ2n) is 6.38. The molecule has 1 amide bonds. The number of hydrogen-bond donors (Lipinski definition) is 2. The molecule has 28 heavy (non-hydrogen) atoms. The number of aromatic nitrogens is 2. The van der Waals surface area contributed by atoms with Crippen LogP contribution in [0.1, 0.15) is 21.5 Å². The fraction of sp³-hybridized carbons (Fsp3) is 0.150. The lowest BCUT2D eigenvalue weighted by Gasteiger charge is -2.11. The SMILES string of the molecule is Cc1cc(C)c(NC(=O)c2cnc(Nc3ccc4c(c3)OCO4)nc2)c(Cl)c1. The van der Waals surface area contributed by atoms with Crippen LogP contribution in [0, 0.1) is 13.8 Å². The van der Waals surface area contributed by atoms with E-state index in [1.807, 2.05) is 26.0 Å². The van der Waals surface area contributed by atoms with Crippen LogP contribution in [-0.4, -0.2) is 22.7 Å². The molecule has 0 spiro atoms. The van der Waals surface area contributed by atoms with Crippen LogP contribution in [0.25, 0.3) is 0 Å². The molecular weight excluding hydrogens is 380 g/mol. The van der Waals surface area contributed by atoms with Crippen molar-refractivity contribution in [2.75, 3.05) is 17.4 Å². The summed E-state index contributed by atoms with van der Waals surface area (Å²) in [6.07, 6.45) is 2.91. The Balaban J connectivity index is 1.46. The minimum atomic E-state index is -0.330. The first-order valence-electron chi connectivity index (χ1n) is 8.56. The number of benzene rings is 2. The van der Waals surface area contributed by atoms with Crippen molar-refractivity contribution in [2.45, 2.75) is 13.8 Å². The standard InChI is InChI=1S/C20H17ClN4O3/c1-11-5-12(2)18(15(21)6-11)25-19(26)13-8-22-20(23-9-13)24-14-3-4-16-17(7-14)28-10-27-16/h3-9H,10H2,1-2H3,(H,25,26)(H,22,23,24). The maximum absolute atomic E-state index is 12.5. The first-order chi connectivity index (χ1) is 13.5. The number of halogens is 1. The Morgan fingerprint density at radius 3 is 2.57 bits per heavy atom. The van der Waals surface area contributed by atoms with Crippen molar-refractivity contribution in [3.63, 3.8) is 0 Å². The third-order valence-corrected chi connectivity index (χ3v) is 4.51. The molecule has 1 aliphatic rings. The minimum Gasteiger partial charge on any atom is -0.454 e. The van der Waals surface area contributed by atoms with E-state index in [0.29, 0.717) is 33.7 Å². The first kappa shape index (κ1) is 18.1. The average Bonchev–Trinajstić information content (AvgIpc) is 3.13.